The Morgan fingerprint density at radius 1 is 1.12 bits per heavy atom. The molecule has 2 N–H and O–H groups in total. The van der Waals surface area contributed by atoms with E-state index >= 15 is 0 Å². The first-order chi connectivity index (χ1) is 7.78. The van der Waals surface area contributed by atoms with Crippen LogP contribution in [0, 0.1) is 0 Å². The van der Waals surface area contributed by atoms with Crippen molar-refractivity contribution >= 4 is 47.9 Å². The molecule has 0 amide bonds. The summed E-state index contributed by atoms with van der Waals surface area (Å²) >= 11 is 9.76. The first-order valence-corrected chi connectivity index (χ1v) is 9.30. The molecule has 0 radical (unpaired) electrons. The van der Waals surface area contributed by atoms with Crippen molar-refractivity contribution in [1.29, 1.82) is 0 Å². The van der Waals surface area contributed by atoms with Crippen LogP contribution < -0.4 is 0 Å². The fourth-order valence-electron chi connectivity index (χ4n) is 1.02. The van der Waals surface area contributed by atoms with Gasteiger partial charge in [-0.2, -0.15) is 47.9 Å². The number of thiol groups is 1. The van der Waals surface area contributed by atoms with Crippen LogP contribution in [0.4, 0.5) is 0 Å². The molecular formula is C10H22O2S4. The quantitative estimate of drug-likeness (QED) is 0.508. The molecule has 0 fully saturated rings. The maximum absolute atomic E-state index is 9.21. The number of hydrogen-bond donors (Lipinski definition) is 3. The Bertz CT molecular complexity index is 133. The minimum absolute atomic E-state index is 0.231. The fourth-order valence-corrected chi connectivity index (χ4v) is 4.79. The summed E-state index contributed by atoms with van der Waals surface area (Å²) in [4.78, 5) is 0. The molecule has 0 aliphatic carbocycles. The number of aliphatic hydroxyl groups excluding tert-OH is 2. The van der Waals surface area contributed by atoms with E-state index < -0.39 is 0 Å². The van der Waals surface area contributed by atoms with Crippen LogP contribution in [0.25, 0.3) is 0 Å². The second-order valence-electron chi connectivity index (χ2n) is 3.20. The Morgan fingerprint density at radius 2 is 1.88 bits per heavy atom. The van der Waals surface area contributed by atoms with Gasteiger partial charge in [-0.15, -0.1) is 0 Å². The number of aliphatic hydroxyl groups is 2. The molecule has 0 aromatic rings. The van der Waals surface area contributed by atoms with E-state index in [1.165, 1.54) is 0 Å². The topological polar surface area (TPSA) is 40.5 Å². The van der Waals surface area contributed by atoms with Crippen molar-refractivity contribution in [1.82, 2.24) is 0 Å². The van der Waals surface area contributed by atoms with Crippen LogP contribution in [0.15, 0.2) is 0 Å². The number of thioether (sulfide) groups is 3. The van der Waals surface area contributed by atoms with Gasteiger partial charge in [-0.1, -0.05) is 6.92 Å². The molecular weight excluding hydrogens is 280 g/mol. The van der Waals surface area contributed by atoms with Gasteiger partial charge < -0.3 is 10.2 Å². The van der Waals surface area contributed by atoms with Gasteiger partial charge in [0.2, 0.25) is 0 Å². The first-order valence-electron chi connectivity index (χ1n) is 5.41. The molecule has 0 aromatic carbocycles. The van der Waals surface area contributed by atoms with Crippen molar-refractivity contribution in [3.8, 4) is 0 Å². The SMILES string of the molecule is CCSCC(CO)SCC(CS)SCCO. The Kier molecular flexibility index (Phi) is 13.8. The molecule has 2 nitrogen and oxygen atoms in total. The lowest BCUT2D eigenvalue weighted by Crippen LogP contribution is -2.18. The van der Waals surface area contributed by atoms with Gasteiger partial charge in [0.25, 0.3) is 0 Å². The van der Waals surface area contributed by atoms with Crippen molar-refractivity contribution in [3.05, 3.63) is 0 Å². The Hall–Kier alpha value is 1.32. The van der Waals surface area contributed by atoms with Crippen molar-refractivity contribution in [3.63, 3.8) is 0 Å². The van der Waals surface area contributed by atoms with Crippen molar-refractivity contribution in [2.75, 3.05) is 42.0 Å². The van der Waals surface area contributed by atoms with Gasteiger partial charge in [-0.25, -0.2) is 0 Å². The fraction of sp³-hybridized carbons (Fsp3) is 1.00. The van der Waals surface area contributed by atoms with E-state index in [1.807, 2.05) is 23.5 Å². The maximum Gasteiger partial charge on any atom is 0.0558 e. The molecule has 2 unspecified atom stereocenters. The summed E-state index contributed by atoms with van der Waals surface area (Å²) in [5.41, 5.74) is 0. The summed E-state index contributed by atoms with van der Waals surface area (Å²) in [7, 11) is 0. The predicted molar refractivity (Wildman–Crippen MR) is 83.5 cm³/mol. The van der Waals surface area contributed by atoms with Crippen LogP contribution >= 0.6 is 47.9 Å². The summed E-state index contributed by atoms with van der Waals surface area (Å²) in [6, 6.07) is 0. The van der Waals surface area contributed by atoms with Crippen LogP contribution in [0.5, 0.6) is 0 Å². The standard InChI is InChI=1S/C10H22O2S4/c1-2-14-7-9(5-12)16-8-10(6-13)15-4-3-11/h9-13H,2-8H2,1H3. The van der Waals surface area contributed by atoms with E-state index in [9.17, 15) is 5.11 Å². The second-order valence-corrected chi connectivity index (χ2v) is 7.62. The maximum atomic E-state index is 9.21. The molecule has 0 aliphatic rings. The smallest absolute Gasteiger partial charge is 0.0558 e. The summed E-state index contributed by atoms with van der Waals surface area (Å²) in [6.45, 7) is 2.62. The van der Waals surface area contributed by atoms with Crippen LogP contribution in [0.2, 0.25) is 0 Å². The van der Waals surface area contributed by atoms with Crippen LogP contribution in [0.1, 0.15) is 6.92 Å². The average Bonchev–Trinajstić information content (AvgIpc) is 2.33. The molecule has 0 heterocycles. The van der Waals surface area contributed by atoms with Crippen molar-refractivity contribution in [2.24, 2.45) is 0 Å². The molecule has 0 bridgehead atoms. The van der Waals surface area contributed by atoms with Gasteiger partial charge in [-0.05, 0) is 5.75 Å². The molecule has 0 rings (SSSR count). The Morgan fingerprint density at radius 3 is 2.38 bits per heavy atom. The van der Waals surface area contributed by atoms with Gasteiger partial charge in [-0.3, -0.25) is 0 Å². The third-order valence-electron chi connectivity index (χ3n) is 1.88. The summed E-state index contributed by atoms with van der Waals surface area (Å²) < 4.78 is 0. The van der Waals surface area contributed by atoms with Gasteiger partial charge in [0.1, 0.15) is 0 Å². The van der Waals surface area contributed by atoms with Crippen molar-refractivity contribution in [2.45, 2.75) is 17.4 Å². The molecule has 98 valence electrons. The molecule has 0 aliphatic heterocycles. The van der Waals surface area contributed by atoms with Gasteiger partial charge in [0.15, 0.2) is 0 Å². The van der Waals surface area contributed by atoms with Crippen molar-refractivity contribution < 1.29 is 10.2 Å². The number of hydrogen-bond acceptors (Lipinski definition) is 6. The van der Waals surface area contributed by atoms with E-state index in [0.717, 1.165) is 28.8 Å². The first kappa shape index (κ1) is 17.3. The third kappa shape index (κ3) is 9.36. The Labute approximate surface area is 117 Å². The Balaban J connectivity index is 3.69. The molecule has 0 spiro atoms. The lowest BCUT2D eigenvalue weighted by molar-refractivity contribution is 0.301. The largest absolute Gasteiger partial charge is 0.396 e. The minimum atomic E-state index is 0.231. The zero-order valence-corrected chi connectivity index (χ0v) is 13.0. The zero-order chi connectivity index (χ0) is 12.2. The van der Waals surface area contributed by atoms with E-state index in [-0.39, 0.29) is 13.2 Å². The highest BCUT2D eigenvalue weighted by Crippen LogP contribution is 2.22. The molecule has 0 aromatic heterocycles. The average molecular weight is 303 g/mol. The van der Waals surface area contributed by atoms with E-state index in [0.29, 0.717) is 10.5 Å². The molecule has 6 heteroatoms. The van der Waals surface area contributed by atoms with Gasteiger partial charge >= 0.3 is 0 Å². The summed E-state index contributed by atoms with van der Waals surface area (Å²) in [5, 5.41) is 18.8. The molecule has 0 saturated carbocycles. The van der Waals surface area contributed by atoms with Gasteiger partial charge in [0, 0.05) is 33.5 Å². The molecule has 2 atom stereocenters. The number of rotatable bonds is 11. The third-order valence-corrected chi connectivity index (χ3v) is 6.64. The van der Waals surface area contributed by atoms with Crippen LogP contribution in [-0.2, 0) is 0 Å². The van der Waals surface area contributed by atoms with Gasteiger partial charge in [0.05, 0.1) is 13.2 Å². The minimum Gasteiger partial charge on any atom is -0.396 e. The molecule has 16 heavy (non-hydrogen) atoms. The highest BCUT2D eigenvalue weighted by atomic mass is 32.2. The molecule has 0 saturated heterocycles. The summed E-state index contributed by atoms with van der Waals surface area (Å²) in [5.74, 6) is 4.73. The van der Waals surface area contributed by atoms with E-state index in [2.05, 4.69) is 19.6 Å². The normalized spacial score (nSPS) is 15.0. The zero-order valence-electron chi connectivity index (χ0n) is 9.67. The van der Waals surface area contributed by atoms with Crippen LogP contribution in [-0.4, -0.2) is 62.7 Å². The van der Waals surface area contributed by atoms with Crippen LogP contribution in [0.3, 0.4) is 0 Å². The lowest BCUT2D eigenvalue weighted by atomic mass is 10.5. The van der Waals surface area contributed by atoms with E-state index in [4.69, 9.17) is 5.11 Å². The highest BCUT2D eigenvalue weighted by molar-refractivity contribution is 8.05. The second kappa shape index (κ2) is 12.8. The highest BCUT2D eigenvalue weighted by Gasteiger charge is 2.12. The lowest BCUT2D eigenvalue weighted by Gasteiger charge is -2.17. The monoisotopic (exact) mass is 302 g/mol. The van der Waals surface area contributed by atoms with E-state index in [1.54, 1.807) is 11.8 Å². The predicted octanol–water partition coefficient (Wildman–Crippen LogP) is 1.86. The summed E-state index contributed by atoms with van der Waals surface area (Å²) in [6.07, 6.45) is 0.